The van der Waals surface area contributed by atoms with E-state index in [-0.39, 0.29) is 30.4 Å². The number of likely N-dealkylation sites (tertiary alicyclic amines) is 1. The maximum atomic E-state index is 13.0. The molecule has 2 aliphatic rings. The van der Waals surface area contributed by atoms with Gasteiger partial charge >= 0.3 is 0 Å². The van der Waals surface area contributed by atoms with Gasteiger partial charge < -0.3 is 29.7 Å². The first-order valence-electron chi connectivity index (χ1n) is 11.5. The highest BCUT2D eigenvalue weighted by molar-refractivity contribution is 5.98. The number of nitrogens with one attached hydrogen (secondary N) is 2. The van der Waals surface area contributed by atoms with Crippen molar-refractivity contribution in [2.45, 2.75) is 18.9 Å². The summed E-state index contributed by atoms with van der Waals surface area (Å²) < 4.78 is 15.8. The highest BCUT2D eigenvalue weighted by Crippen LogP contribution is 2.32. The SMILES string of the molecule is C=CCNC(=O)[C@@H](NC(=O)c1ccc2c(c1)OCO2)C1CCN(C(=O)c2ccc(OC)cc2)CC1. The third kappa shape index (κ3) is 5.56. The van der Waals surface area contributed by atoms with Gasteiger partial charge in [-0.2, -0.15) is 0 Å². The fourth-order valence-electron chi connectivity index (χ4n) is 4.29. The van der Waals surface area contributed by atoms with Gasteiger partial charge in [0.1, 0.15) is 11.8 Å². The number of benzene rings is 2. The monoisotopic (exact) mass is 479 g/mol. The predicted molar refractivity (Wildman–Crippen MR) is 129 cm³/mol. The van der Waals surface area contributed by atoms with Crippen LogP contribution in [0.5, 0.6) is 17.2 Å². The van der Waals surface area contributed by atoms with Gasteiger partial charge in [0.2, 0.25) is 12.7 Å². The standard InChI is InChI=1S/C26H29N3O6/c1-3-12-27-25(31)23(28-24(30)19-6-9-21-22(15-19)35-16-34-21)17-10-13-29(14-11-17)26(32)18-4-7-20(33-2)8-5-18/h3-9,15,17,23H,1,10-14,16H2,2H3,(H,27,31)(H,28,30)/t23-/m0/s1. The van der Waals surface area contributed by atoms with E-state index >= 15 is 0 Å². The number of ether oxygens (including phenoxy) is 3. The van der Waals surface area contributed by atoms with Crippen LogP contribution in [0.25, 0.3) is 0 Å². The van der Waals surface area contributed by atoms with Crippen molar-refractivity contribution >= 4 is 17.7 Å². The Labute approximate surface area is 204 Å². The Morgan fingerprint density at radius 3 is 2.46 bits per heavy atom. The minimum absolute atomic E-state index is 0.0665. The van der Waals surface area contributed by atoms with E-state index in [0.29, 0.717) is 60.9 Å². The largest absolute Gasteiger partial charge is 0.497 e. The molecular formula is C26H29N3O6. The first-order valence-corrected chi connectivity index (χ1v) is 11.5. The highest BCUT2D eigenvalue weighted by Gasteiger charge is 2.34. The Morgan fingerprint density at radius 2 is 1.77 bits per heavy atom. The molecule has 3 amide bonds. The third-order valence-corrected chi connectivity index (χ3v) is 6.26. The molecule has 0 unspecified atom stereocenters. The summed E-state index contributed by atoms with van der Waals surface area (Å²) in [6.45, 7) is 5.02. The van der Waals surface area contributed by atoms with Crippen LogP contribution in [0.4, 0.5) is 0 Å². The highest BCUT2D eigenvalue weighted by atomic mass is 16.7. The molecule has 0 bridgehead atoms. The average Bonchev–Trinajstić information content (AvgIpc) is 3.38. The lowest BCUT2D eigenvalue weighted by atomic mass is 9.88. The minimum atomic E-state index is -0.744. The molecule has 2 aromatic rings. The summed E-state index contributed by atoms with van der Waals surface area (Å²) in [4.78, 5) is 40.6. The van der Waals surface area contributed by atoms with E-state index in [4.69, 9.17) is 14.2 Å². The fourth-order valence-corrected chi connectivity index (χ4v) is 4.29. The van der Waals surface area contributed by atoms with Gasteiger partial charge in [-0.1, -0.05) is 6.08 Å². The van der Waals surface area contributed by atoms with E-state index in [0.717, 1.165) is 0 Å². The van der Waals surface area contributed by atoms with Crippen molar-refractivity contribution in [2.24, 2.45) is 5.92 Å². The molecule has 2 heterocycles. The lowest BCUT2D eigenvalue weighted by Gasteiger charge is -2.35. The number of nitrogens with zero attached hydrogens (tertiary/aromatic N) is 1. The van der Waals surface area contributed by atoms with Gasteiger partial charge in [0.15, 0.2) is 11.5 Å². The number of carbonyl (C=O) groups is 3. The lowest BCUT2D eigenvalue weighted by Crippen LogP contribution is -2.53. The zero-order valence-corrected chi connectivity index (χ0v) is 19.6. The smallest absolute Gasteiger partial charge is 0.253 e. The van der Waals surface area contributed by atoms with Gasteiger partial charge in [-0.25, -0.2) is 0 Å². The number of hydrogen-bond acceptors (Lipinski definition) is 6. The Kier molecular flexibility index (Phi) is 7.54. The van der Waals surface area contributed by atoms with Gasteiger partial charge in [0.25, 0.3) is 11.8 Å². The van der Waals surface area contributed by atoms with E-state index in [2.05, 4.69) is 17.2 Å². The zero-order chi connectivity index (χ0) is 24.8. The molecule has 2 aromatic carbocycles. The second-order valence-electron chi connectivity index (χ2n) is 8.41. The van der Waals surface area contributed by atoms with Crippen LogP contribution < -0.4 is 24.8 Å². The summed E-state index contributed by atoms with van der Waals surface area (Å²) in [5, 5.41) is 5.68. The van der Waals surface area contributed by atoms with Gasteiger partial charge in [-0.05, 0) is 61.2 Å². The number of methoxy groups -OCH3 is 1. The quantitative estimate of drug-likeness (QED) is 0.563. The van der Waals surface area contributed by atoms with Gasteiger partial charge in [-0.3, -0.25) is 14.4 Å². The summed E-state index contributed by atoms with van der Waals surface area (Å²) in [6.07, 6.45) is 2.75. The van der Waals surface area contributed by atoms with E-state index in [1.165, 1.54) is 0 Å². The van der Waals surface area contributed by atoms with Crippen molar-refractivity contribution in [3.63, 3.8) is 0 Å². The van der Waals surface area contributed by atoms with Gasteiger partial charge in [0, 0.05) is 30.8 Å². The number of hydrogen-bond donors (Lipinski definition) is 2. The minimum Gasteiger partial charge on any atom is -0.497 e. The predicted octanol–water partition coefficient (Wildman–Crippen LogP) is 2.38. The van der Waals surface area contributed by atoms with E-state index < -0.39 is 6.04 Å². The van der Waals surface area contributed by atoms with E-state index in [1.54, 1.807) is 60.6 Å². The van der Waals surface area contributed by atoms with Crippen LogP contribution in [0.1, 0.15) is 33.6 Å². The number of piperidine rings is 1. The van der Waals surface area contributed by atoms with Crippen LogP contribution in [0.3, 0.4) is 0 Å². The molecule has 9 nitrogen and oxygen atoms in total. The number of amides is 3. The molecule has 0 spiro atoms. The van der Waals surface area contributed by atoms with Crippen LogP contribution in [0.15, 0.2) is 55.1 Å². The Hall–Kier alpha value is -4.01. The van der Waals surface area contributed by atoms with Crippen LogP contribution >= 0.6 is 0 Å². The summed E-state index contributed by atoms with van der Waals surface area (Å²) in [6, 6.07) is 11.2. The summed E-state index contributed by atoms with van der Waals surface area (Å²) >= 11 is 0. The second-order valence-corrected chi connectivity index (χ2v) is 8.41. The maximum absolute atomic E-state index is 13.0. The molecule has 0 saturated carbocycles. The van der Waals surface area contributed by atoms with Crippen LogP contribution in [0.2, 0.25) is 0 Å². The molecule has 0 radical (unpaired) electrons. The van der Waals surface area contributed by atoms with Crippen molar-refractivity contribution in [1.82, 2.24) is 15.5 Å². The molecule has 4 rings (SSSR count). The van der Waals surface area contributed by atoms with Crippen LogP contribution in [-0.2, 0) is 4.79 Å². The molecule has 1 atom stereocenters. The number of fused-ring (bicyclic) bond motifs is 1. The molecule has 0 aliphatic carbocycles. The molecule has 0 aromatic heterocycles. The van der Waals surface area contributed by atoms with E-state index in [1.807, 2.05) is 0 Å². The van der Waals surface area contributed by atoms with Gasteiger partial charge in [-0.15, -0.1) is 6.58 Å². The second kappa shape index (κ2) is 10.9. The van der Waals surface area contributed by atoms with Crippen LogP contribution in [-0.4, -0.2) is 62.2 Å². The fraction of sp³-hybridized carbons (Fsp3) is 0.346. The average molecular weight is 480 g/mol. The first kappa shape index (κ1) is 24.1. The molecule has 9 heteroatoms. The molecule has 2 aliphatic heterocycles. The Bertz CT molecular complexity index is 1090. The number of carbonyl (C=O) groups excluding carboxylic acids is 3. The normalized spacial score (nSPS) is 15.7. The molecular weight excluding hydrogens is 450 g/mol. The molecule has 1 saturated heterocycles. The van der Waals surface area contributed by atoms with Crippen molar-refractivity contribution in [3.8, 4) is 17.2 Å². The first-order chi connectivity index (χ1) is 17.0. The number of rotatable bonds is 8. The molecule has 2 N–H and O–H groups in total. The summed E-state index contributed by atoms with van der Waals surface area (Å²) in [5.41, 5.74) is 0.962. The molecule has 1 fully saturated rings. The van der Waals surface area contributed by atoms with Crippen LogP contribution in [0, 0.1) is 5.92 Å². The third-order valence-electron chi connectivity index (χ3n) is 6.26. The topological polar surface area (TPSA) is 106 Å². The lowest BCUT2D eigenvalue weighted by molar-refractivity contribution is -0.124. The Balaban J connectivity index is 1.42. The van der Waals surface area contributed by atoms with Crippen molar-refractivity contribution in [1.29, 1.82) is 0 Å². The Morgan fingerprint density at radius 1 is 1.09 bits per heavy atom. The summed E-state index contributed by atoms with van der Waals surface area (Å²) in [5.74, 6) is 0.914. The van der Waals surface area contributed by atoms with Crippen molar-refractivity contribution < 1.29 is 28.6 Å². The van der Waals surface area contributed by atoms with E-state index in [9.17, 15) is 14.4 Å². The molecule has 184 valence electrons. The zero-order valence-electron chi connectivity index (χ0n) is 19.6. The van der Waals surface area contributed by atoms with Crippen molar-refractivity contribution in [3.05, 3.63) is 66.2 Å². The summed E-state index contributed by atoms with van der Waals surface area (Å²) in [7, 11) is 1.58. The molecule has 35 heavy (non-hydrogen) atoms. The maximum Gasteiger partial charge on any atom is 0.253 e. The van der Waals surface area contributed by atoms with Crippen molar-refractivity contribution in [2.75, 3.05) is 33.5 Å². The van der Waals surface area contributed by atoms with Gasteiger partial charge in [0.05, 0.1) is 7.11 Å².